The van der Waals surface area contributed by atoms with Crippen LogP contribution in [0, 0.1) is 0 Å². The number of halogens is 1. The van der Waals surface area contributed by atoms with E-state index >= 15 is 0 Å². The highest BCUT2D eigenvalue weighted by Crippen LogP contribution is 2.29. The third-order valence-electron chi connectivity index (χ3n) is 6.60. The SMILES string of the molecule is O=C1O[C@H](c2ccc(Cl)cc2)CN1Cc1ccc(-c2ccc(CN3CCCCC3)cc2)cc1. The molecule has 0 N–H and O–H groups in total. The maximum Gasteiger partial charge on any atom is 0.410 e. The molecular formula is C28H29ClN2O2. The number of piperidine rings is 1. The van der Waals surface area contributed by atoms with Crippen LogP contribution in [-0.2, 0) is 17.8 Å². The van der Waals surface area contributed by atoms with Crippen molar-refractivity contribution >= 4 is 17.7 Å². The summed E-state index contributed by atoms with van der Waals surface area (Å²) in [5.41, 5.74) is 5.84. The Morgan fingerprint density at radius 3 is 1.94 bits per heavy atom. The molecule has 0 bridgehead atoms. The molecule has 5 rings (SSSR count). The highest BCUT2D eigenvalue weighted by atomic mass is 35.5. The van der Waals surface area contributed by atoms with Crippen molar-refractivity contribution in [2.75, 3.05) is 19.6 Å². The Labute approximate surface area is 200 Å². The fourth-order valence-electron chi connectivity index (χ4n) is 4.69. The summed E-state index contributed by atoms with van der Waals surface area (Å²) < 4.78 is 5.57. The van der Waals surface area contributed by atoms with Gasteiger partial charge in [-0.1, -0.05) is 78.7 Å². The van der Waals surface area contributed by atoms with E-state index < -0.39 is 0 Å². The van der Waals surface area contributed by atoms with Gasteiger partial charge in [0.2, 0.25) is 0 Å². The van der Waals surface area contributed by atoms with E-state index in [1.165, 1.54) is 49.0 Å². The van der Waals surface area contributed by atoms with Gasteiger partial charge in [-0.2, -0.15) is 0 Å². The van der Waals surface area contributed by atoms with Crippen LogP contribution in [0.5, 0.6) is 0 Å². The summed E-state index contributed by atoms with van der Waals surface area (Å²) in [6.45, 7) is 4.56. The average Bonchev–Trinajstić information content (AvgIpc) is 3.21. The highest BCUT2D eigenvalue weighted by Gasteiger charge is 2.32. The van der Waals surface area contributed by atoms with Crippen LogP contribution in [0.4, 0.5) is 4.79 Å². The van der Waals surface area contributed by atoms with Gasteiger partial charge in [0, 0.05) is 18.1 Å². The third kappa shape index (κ3) is 5.40. The van der Waals surface area contributed by atoms with Crippen LogP contribution in [0.2, 0.25) is 5.02 Å². The summed E-state index contributed by atoms with van der Waals surface area (Å²) in [5, 5.41) is 0.677. The summed E-state index contributed by atoms with van der Waals surface area (Å²) >= 11 is 5.97. The molecule has 2 aliphatic rings. The monoisotopic (exact) mass is 460 g/mol. The van der Waals surface area contributed by atoms with Crippen LogP contribution in [0.3, 0.4) is 0 Å². The van der Waals surface area contributed by atoms with Crippen molar-refractivity contribution in [1.82, 2.24) is 9.80 Å². The molecule has 2 fully saturated rings. The van der Waals surface area contributed by atoms with E-state index in [1.54, 1.807) is 4.90 Å². The Kier molecular flexibility index (Phi) is 6.65. The van der Waals surface area contributed by atoms with Gasteiger partial charge in [-0.05, 0) is 65.9 Å². The van der Waals surface area contributed by atoms with Crippen LogP contribution < -0.4 is 0 Å². The first-order valence-electron chi connectivity index (χ1n) is 11.8. The van der Waals surface area contributed by atoms with Crippen molar-refractivity contribution in [1.29, 1.82) is 0 Å². The number of likely N-dealkylation sites (tertiary alicyclic amines) is 1. The molecule has 2 heterocycles. The zero-order valence-corrected chi connectivity index (χ0v) is 19.5. The lowest BCUT2D eigenvalue weighted by molar-refractivity contribution is 0.132. The van der Waals surface area contributed by atoms with Gasteiger partial charge in [0.25, 0.3) is 0 Å². The minimum absolute atomic E-state index is 0.252. The Hall–Kier alpha value is -2.82. The molecule has 0 aliphatic carbocycles. The van der Waals surface area contributed by atoms with Gasteiger partial charge >= 0.3 is 6.09 Å². The highest BCUT2D eigenvalue weighted by molar-refractivity contribution is 6.30. The lowest BCUT2D eigenvalue weighted by Gasteiger charge is -2.26. The molecule has 5 heteroatoms. The normalized spacial score (nSPS) is 19.0. The quantitative estimate of drug-likeness (QED) is 0.411. The largest absolute Gasteiger partial charge is 0.439 e. The standard InChI is InChI=1S/C28H29ClN2O2/c29-26-14-12-25(13-15-26)27-20-31(28(32)33-27)19-22-6-10-24(11-7-22)23-8-4-21(5-9-23)18-30-16-2-1-3-17-30/h4-15,27H,1-3,16-20H2/t27-/m0/s1. The number of hydrogen-bond acceptors (Lipinski definition) is 3. The smallest absolute Gasteiger partial charge is 0.410 e. The first kappa shape index (κ1) is 22.0. The van der Waals surface area contributed by atoms with E-state index in [0.29, 0.717) is 18.1 Å². The number of rotatable bonds is 6. The molecule has 4 nitrogen and oxygen atoms in total. The number of ether oxygens (including phenoxy) is 1. The molecule has 1 amide bonds. The Bertz CT molecular complexity index is 1070. The number of cyclic esters (lactones) is 1. The van der Waals surface area contributed by atoms with Crippen molar-refractivity contribution in [2.45, 2.75) is 38.5 Å². The van der Waals surface area contributed by atoms with Crippen molar-refractivity contribution in [2.24, 2.45) is 0 Å². The molecule has 0 spiro atoms. The molecule has 33 heavy (non-hydrogen) atoms. The number of hydrogen-bond donors (Lipinski definition) is 0. The van der Waals surface area contributed by atoms with Crippen molar-refractivity contribution in [3.05, 3.63) is 94.5 Å². The summed E-state index contributed by atoms with van der Waals surface area (Å²) in [6, 6.07) is 24.8. The van der Waals surface area contributed by atoms with Crippen LogP contribution in [-0.4, -0.2) is 35.5 Å². The van der Waals surface area contributed by atoms with E-state index in [-0.39, 0.29) is 12.2 Å². The lowest BCUT2D eigenvalue weighted by Crippen LogP contribution is -2.28. The second-order valence-corrected chi connectivity index (χ2v) is 9.47. The zero-order valence-electron chi connectivity index (χ0n) is 18.8. The fraction of sp³-hybridized carbons (Fsp3) is 0.321. The summed E-state index contributed by atoms with van der Waals surface area (Å²) in [6.07, 6.45) is 3.48. The van der Waals surface area contributed by atoms with Gasteiger partial charge in [0.05, 0.1) is 6.54 Å². The molecule has 0 unspecified atom stereocenters. The second-order valence-electron chi connectivity index (χ2n) is 9.04. The number of carbonyl (C=O) groups excluding carboxylic acids is 1. The number of amides is 1. The molecule has 170 valence electrons. The molecular weight excluding hydrogens is 432 g/mol. The van der Waals surface area contributed by atoms with E-state index in [4.69, 9.17) is 16.3 Å². The predicted octanol–water partition coefficient (Wildman–Crippen LogP) is 6.69. The third-order valence-corrected chi connectivity index (χ3v) is 6.85. The molecule has 3 aromatic rings. The molecule has 3 aromatic carbocycles. The van der Waals surface area contributed by atoms with Crippen LogP contribution in [0.1, 0.15) is 42.1 Å². The first-order chi connectivity index (χ1) is 16.1. The van der Waals surface area contributed by atoms with Gasteiger partial charge in [0.15, 0.2) is 0 Å². The molecule has 0 aromatic heterocycles. The Balaban J connectivity index is 1.19. The van der Waals surface area contributed by atoms with Gasteiger partial charge < -0.3 is 4.74 Å². The van der Waals surface area contributed by atoms with Crippen molar-refractivity contribution in [3.63, 3.8) is 0 Å². The van der Waals surface area contributed by atoms with Crippen molar-refractivity contribution < 1.29 is 9.53 Å². The van der Waals surface area contributed by atoms with Gasteiger partial charge in [-0.3, -0.25) is 9.80 Å². The van der Waals surface area contributed by atoms with Crippen molar-refractivity contribution in [3.8, 4) is 11.1 Å². The molecule has 2 aliphatic heterocycles. The fourth-order valence-corrected chi connectivity index (χ4v) is 4.82. The molecule has 0 saturated carbocycles. The first-order valence-corrected chi connectivity index (χ1v) is 12.1. The van der Waals surface area contributed by atoms with E-state index in [2.05, 4.69) is 53.4 Å². The summed E-state index contributed by atoms with van der Waals surface area (Å²) in [7, 11) is 0. The maximum absolute atomic E-state index is 12.4. The zero-order chi connectivity index (χ0) is 22.6. The average molecular weight is 461 g/mol. The van der Waals surface area contributed by atoms with Gasteiger partial charge in [0.1, 0.15) is 6.10 Å². The molecule has 0 radical (unpaired) electrons. The van der Waals surface area contributed by atoms with Gasteiger partial charge in [-0.25, -0.2) is 4.79 Å². The number of nitrogens with zero attached hydrogens (tertiary/aromatic N) is 2. The van der Waals surface area contributed by atoms with Crippen LogP contribution in [0.15, 0.2) is 72.8 Å². The van der Waals surface area contributed by atoms with E-state index in [1.807, 2.05) is 24.3 Å². The summed E-state index contributed by atoms with van der Waals surface area (Å²) in [4.78, 5) is 16.7. The van der Waals surface area contributed by atoms with E-state index in [9.17, 15) is 4.79 Å². The Morgan fingerprint density at radius 1 is 0.758 bits per heavy atom. The van der Waals surface area contributed by atoms with E-state index in [0.717, 1.165) is 17.7 Å². The summed E-state index contributed by atoms with van der Waals surface area (Å²) in [5.74, 6) is 0. The minimum atomic E-state index is -0.275. The molecule has 1 atom stereocenters. The Morgan fingerprint density at radius 2 is 1.33 bits per heavy atom. The second kappa shape index (κ2) is 9.98. The topological polar surface area (TPSA) is 32.8 Å². The number of carbonyl (C=O) groups is 1. The number of benzene rings is 3. The maximum atomic E-state index is 12.4. The molecule has 2 saturated heterocycles. The van der Waals surface area contributed by atoms with Gasteiger partial charge in [-0.15, -0.1) is 0 Å². The minimum Gasteiger partial charge on any atom is -0.439 e. The lowest BCUT2D eigenvalue weighted by atomic mass is 10.0. The predicted molar refractivity (Wildman–Crippen MR) is 132 cm³/mol. The van der Waals surface area contributed by atoms with Crippen LogP contribution in [0.25, 0.3) is 11.1 Å². The van der Waals surface area contributed by atoms with Crippen LogP contribution >= 0.6 is 11.6 Å².